The Labute approximate surface area is 123 Å². The van der Waals surface area contributed by atoms with Gasteiger partial charge in [0.15, 0.2) is 0 Å². The summed E-state index contributed by atoms with van der Waals surface area (Å²) in [6.07, 6.45) is 0. The fraction of sp³-hybridized carbons (Fsp3) is 0.625. The highest BCUT2D eigenvalue weighted by atomic mass is 16.5. The summed E-state index contributed by atoms with van der Waals surface area (Å²) in [5.74, 6) is 0.899. The molecule has 1 unspecified atom stereocenters. The van der Waals surface area contributed by atoms with E-state index in [1.807, 2.05) is 19.2 Å². The molecule has 0 aliphatic carbocycles. The third-order valence-electron chi connectivity index (χ3n) is 3.57. The van der Waals surface area contributed by atoms with E-state index in [9.17, 15) is 0 Å². The van der Waals surface area contributed by atoms with Crippen molar-refractivity contribution in [2.45, 2.75) is 25.9 Å². The predicted octanol–water partition coefficient (Wildman–Crippen LogP) is 2.31. The minimum absolute atomic E-state index is 0.282. The van der Waals surface area contributed by atoms with Gasteiger partial charge in [-0.1, -0.05) is 12.1 Å². The van der Waals surface area contributed by atoms with Crippen LogP contribution in [0.3, 0.4) is 0 Å². The lowest BCUT2D eigenvalue weighted by atomic mass is 10.1. The molecule has 0 saturated carbocycles. The molecular weight excluding hydrogens is 252 g/mol. The van der Waals surface area contributed by atoms with Crippen molar-refractivity contribution in [2.75, 3.05) is 41.0 Å². The Morgan fingerprint density at radius 2 is 2.00 bits per heavy atom. The van der Waals surface area contributed by atoms with Crippen LogP contribution in [-0.4, -0.2) is 51.9 Å². The van der Waals surface area contributed by atoms with Gasteiger partial charge in [-0.25, -0.2) is 0 Å². The zero-order valence-electron chi connectivity index (χ0n) is 13.3. The number of nitrogens with zero attached hydrogens (tertiary/aromatic N) is 1. The van der Waals surface area contributed by atoms with Crippen LogP contribution in [0.4, 0.5) is 0 Å². The fourth-order valence-electron chi connectivity index (χ4n) is 2.22. The summed E-state index contributed by atoms with van der Waals surface area (Å²) in [5.41, 5.74) is 1.25. The molecule has 1 rings (SSSR count). The van der Waals surface area contributed by atoms with Gasteiger partial charge in [0, 0.05) is 32.3 Å². The second kappa shape index (κ2) is 8.95. The Bertz CT molecular complexity index is 382. The molecule has 1 aromatic rings. The van der Waals surface area contributed by atoms with Gasteiger partial charge in [0.05, 0.1) is 13.7 Å². The monoisotopic (exact) mass is 280 g/mol. The molecule has 1 atom stereocenters. The van der Waals surface area contributed by atoms with E-state index in [2.05, 4.69) is 36.2 Å². The summed E-state index contributed by atoms with van der Waals surface area (Å²) in [7, 11) is 5.45. The number of methoxy groups -OCH3 is 2. The lowest BCUT2D eigenvalue weighted by molar-refractivity contribution is 0.122. The normalized spacial score (nSPS) is 12.9. The summed E-state index contributed by atoms with van der Waals surface area (Å²) >= 11 is 0. The molecule has 0 aromatic heterocycles. The first-order valence-corrected chi connectivity index (χ1v) is 7.16. The first-order chi connectivity index (χ1) is 9.62. The number of benzene rings is 1. The van der Waals surface area contributed by atoms with E-state index in [0.717, 1.165) is 25.4 Å². The van der Waals surface area contributed by atoms with Gasteiger partial charge in [0.25, 0.3) is 0 Å². The van der Waals surface area contributed by atoms with Crippen LogP contribution in [-0.2, 0) is 4.74 Å². The average molecular weight is 280 g/mol. The molecule has 0 saturated heterocycles. The van der Waals surface area contributed by atoms with Crippen molar-refractivity contribution in [3.8, 4) is 5.75 Å². The standard InChI is InChI=1S/C16H28N2O2/c1-13(2)18(9-10-19-4)12-16(17-3)14-7-6-8-15(11-14)20-5/h6-8,11,13,16-17H,9-10,12H2,1-5H3. The third-order valence-corrected chi connectivity index (χ3v) is 3.57. The molecule has 0 radical (unpaired) electrons. The summed E-state index contributed by atoms with van der Waals surface area (Å²) in [5, 5.41) is 3.39. The number of hydrogen-bond acceptors (Lipinski definition) is 4. The first-order valence-electron chi connectivity index (χ1n) is 7.16. The minimum Gasteiger partial charge on any atom is -0.497 e. The van der Waals surface area contributed by atoms with E-state index in [4.69, 9.17) is 9.47 Å². The maximum Gasteiger partial charge on any atom is 0.119 e. The molecule has 1 aromatic carbocycles. The Balaban J connectivity index is 2.77. The van der Waals surface area contributed by atoms with Crippen molar-refractivity contribution < 1.29 is 9.47 Å². The molecule has 0 aliphatic heterocycles. The zero-order chi connectivity index (χ0) is 15.0. The molecule has 0 heterocycles. The topological polar surface area (TPSA) is 33.7 Å². The molecule has 20 heavy (non-hydrogen) atoms. The zero-order valence-corrected chi connectivity index (χ0v) is 13.3. The largest absolute Gasteiger partial charge is 0.497 e. The lowest BCUT2D eigenvalue weighted by Crippen LogP contribution is -2.40. The van der Waals surface area contributed by atoms with Crippen molar-refractivity contribution in [2.24, 2.45) is 0 Å². The van der Waals surface area contributed by atoms with Crippen LogP contribution in [0.15, 0.2) is 24.3 Å². The average Bonchev–Trinajstić information content (AvgIpc) is 2.47. The van der Waals surface area contributed by atoms with Gasteiger partial charge in [-0.2, -0.15) is 0 Å². The van der Waals surface area contributed by atoms with Crippen molar-refractivity contribution in [3.63, 3.8) is 0 Å². The highest BCUT2D eigenvalue weighted by Crippen LogP contribution is 2.20. The highest BCUT2D eigenvalue weighted by molar-refractivity contribution is 5.30. The van der Waals surface area contributed by atoms with Crippen LogP contribution >= 0.6 is 0 Å². The second-order valence-corrected chi connectivity index (χ2v) is 5.20. The quantitative estimate of drug-likeness (QED) is 0.752. The maximum absolute atomic E-state index is 5.31. The molecule has 4 heteroatoms. The van der Waals surface area contributed by atoms with Gasteiger partial charge in [-0.3, -0.25) is 4.90 Å². The molecule has 114 valence electrons. The van der Waals surface area contributed by atoms with Crippen LogP contribution in [0.25, 0.3) is 0 Å². The number of hydrogen-bond donors (Lipinski definition) is 1. The summed E-state index contributed by atoms with van der Waals surface area (Å²) in [4.78, 5) is 2.42. The van der Waals surface area contributed by atoms with Crippen molar-refractivity contribution in [1.82, 2.24) is 10.2 Å². The van der Waals surface area contributed by atoms with Crippen LogP contribution in [0.5, 0.6) is 5.75 Å². The van der Waals surface area contributed by atoms with Crippen LogP contribution in [0.1, 0.15) is 25.5 Å². The van der Waals surface area contributed by atoms with Gasteiger partial charge in [-0.05, 0) is 38.6 Å². The summed E-state index contributed by atoms with van der Waals surface area (Å²) < 4.78 is 10.5. The highest BCUT2D eigenvalue weighted by Gasteiger charge is 2.17. The minimum atomic E-state index is 0.282. The van der Waals surface area contributed by atoms with Gasteiger partial charge in [0.1, 0.15) is 5.75 Å². The maximum atomic E-state index is 5.31. The van der Waals surface area contributed by atoms with E-state index in [-0.39, 0.29) is 6.04 Å². The number of nitrogens with one attached hydrogen (secondary N) is 1. The fourth-order valence-corrected chi connectivity index (χ4v) is 2.22. The Hall–Kier alpha value is -1.10. The first kappa shape index (κ1) is 17.0. The Morgan fingerprint density at radius 1 is 1.25 bits per heavy atom. The van der Waals surface area contributed by atoms with E-state index >= 15 is 0 Å². The molecular formula is C16H28N2O2. The summed E-state index contributed by atoms with van der Waals surface area (Å²) in [6, 6.07) is 9.01. The van der Waals surface area contributed by atoms with Gasteiger partial charge < -0.3 is 14.8 Å². The van der Waals surface area contributed by atoms with Crippen LogP contribution in [0, 0.1) is 0 Å². The van der Waals surface area contributed by atoms with Crippen LogP contribution in [0.2, 0.25) is 0 Å². The third kappa shape index (κ3) is 5.12. The van der Waals surface area contributed by atoms with Crippen molar-refractivity contribution in [3.05, 3.63) is 29.8 Å². The van der Waals surface area contributed by atoms with E-state index in [1.165, 1.54) is 5.56 Å². The Morgan fingerprint density at radius 3 is 2.55 bits per heavy atom. The molecule has 4 nitrogen and oxygen atoms in total. The molecule has 0 aliphatic rings. The Kier molecular flexibility index (Phi) is 7.59. The van der Waals surface area contributed by atoms with Gasteiger partial charge in [0.2, 0.25) is 0 Å². The predicted molar refractivity (Wildman–Crippen MR) is 83.4 cm³/mol. The number of likely N-dealkylation sites (N-methyl/N-ethyl adjacent to an activating group) is 1. The molecule has 0 amide bonds. The molecule has 0 bridgehead atoms. The van der Waals surface area contributed by atoms with Crippen LogP contribution < -0.4 is 10.1 Å². The van der Waals surface area contributed by atoms with Crippen molar-refractivity contribution in [1.29, 1.82) is 0 Å². The SMILES string of the molecule is CNC(CN(CCOC)C(C)C)c1cccc(OC)c1. The molecule has 0 spiro atoms. The van der Waals surface area contributed by atoms with E-state index < -0.39 is 0 Å². The number of rotatable bonds is 9. The lowest BCUT2D eigenvalue weighted by Gasteiger charge is -2.30. The van der Waals surface area contributed by atoms with E-state index in [1.54, 1.807) is 14.2 Å². The van der Waals surface area contributed by atoms with E-state index in [0.29, 0.717) is 6.04 Å². The second-order valence-electron chi connectivity index (χ2n) is 5.20. The smallest absolute Gasteiger partial charge is 0.119 e. The number of ether oxygens (including phenoxy) is 2. The molecule has 0 fully saturated rings. The van der Waals surface area contributed by atoms with Crippen molar-refractivity contribution >= 4 is 0 Å². The summed E-state index contributed by atoms with van der Waals surface area (Å²) in [6.45, 7) is 7.08. The van der Waals surface area contributed by atoms with Gasteiger partial charge in [-0.15, -0.1) is 0 Å². The van der Waals surface area contributed by atoms with Gasteiger partial charge >= 0.3 is 0 Å². The molecule has 1 N–H and O–H groups in total.